The Morgan fingerprint density at radius 1 is 1.05 bits per heavy atom. The van der Waals surface area contributed by atoms with Gasteiger partial charge >= 0.3 is 0 Å². The third-order valence-corrected chi connectivity index (χ3v) is 3.41. The highest BCUT2D eigenvalue weighted by atomic mass is 19.1. The molecule has 3 nitrogen and oxygen atoms in total. The third-order valence-electron chi connectivity index (χ3n) is 3.41. The maximum Gasteiger partial charge on any atom is 0.123 e. The first kappa shape index (κ1) is 12.4. The van der Waals surface area contributed by atoms with E-state index >= 15 is 0 Å². The molecular formula is C16H14FN3. The van der Waals surface area contributed by atoms with Crippen LogP contribution in [0.25, 0.3) is 10.8 Å². The minimum absolute atomic E-state index is 0.250. The first-order chi connectivity index (χ1) is 9.66. The predicted octanol–water partition coefficient (Wildman–Crippen LogP) is 3.72. The number of pyridine rings is 1. The lowest BCUT2D eigenvalue weighted by Crippen LogP contribution is -2.11. The lowest BCUT2D eigenvalue weighted by molar-refractivity contribution is 0.628. The van der Waals surface area contributed by atoms with Gasteiger partial charge in [-0.3, -0.25) is 4.98 Å². The number of rotatable bonds is 2. The number of anilines is 3. The molecular weight excluding hydrogens is 253 g/mol. The van der Waals surface area contributed by atoms with Crippen LogP contribution in [0.5, 0.6) is 0 Å². The van der Waals surface area contributed by atoms with E-state index in [-0.39, 0.29) is 5.82 Å². The fourth-order valence-corrected chi connectivity index (χ4v) is 2.28. The fraction of sp³-hybridized carbons (Fsp3) is 0.0625. The fourth-order valence-electron chi connectivity index (χ4n) is 2.28. The monoisotopic (exact) mass is 267 g/mol. The van der Waals surface area contributed by atoms with Crippen molar-refractivity contribution in [1.29, 1.82) is 0 Å². The van der Waals surface area contributed by atoms with Crippen LogP contribution in [0.1, 0.15) is 0 Å². The van der Waals surface area contributed by atoms with Crippen LogP contribution in [0.3, 0.4) is 0 Å². The Balaban J connectivity index is 2.09. The highest BCUT2D eigenvalue weighted by Gasteiger charge is 2.10. The maximum atomic E-state index is 13.0. The van der Waals surface area contributed by atoms with Gasteiger partial charge in [-0.25, -0.2) is 4.39 Å². The summed E-state index contributed by atoms with van der Waals surface area (Å²) in [6.07, 6.45) is 3.51. The molecule has 100 valence electrons. The number of nitrogen functional groups attached to an aromatic ring is 1. The van der Waals surface area contributed by atoms with Crippen molar-refractivity contribution in [2.75, 3.05) is 17.7 Å². The Hall–Kier alpha value is -2.62. The second kappa shape index (κ2) is 4.81. The average Bonchev–Trinajstić information content (AvgIpc) is 2.48. The average molecular weight is 267 g/mol. The first-order valence-corrected chi connectivity index (χ1v) is 6.28. The molecule has 4 heteroatoms. The molecule has 0 radical (unpaired) electrons. The van der Waals surface area contributed by atoms with Crippen LogP contribution in [0, 0.1) is 5.82 Å². The van der Waals surface area contributed by atoms with Crippen LogP contribution in [0.15, 0.2) is 54.9 Å². The molecule has 2 N–H and O–H groups in total. The van der Waals surface area contributed by atoms with Gasteiger partial charge < -0.3 is 10.6 Å². The topological polar surface area (TPSA) is 42.2 Å². The van der Waals surface area contributed by atoms with Crippen LogP contribution in [0.2, 0.25) is 0 Å². The van der Waals surface area contributed by atoms with Crippen molar-refractivity contribution in [2.45, 2.75) is 0 Å². The van der Waals surface area contributed by atoms with Gasteiger partial charge in [0.2, 0.25) is 0 Å². The van der Waals surface area contributed by atoms with Crippen LogP contribution < -0.4 is 10.6 Å². The van der Waals surface area contributed by atoms with Gasteiger partial charge in [-0.15, -0.1) is 0 Å². The molecule has 0 saturated heterocycles. The number of hydrogen-bond acceptors (Lipinski definition) is 3. The van der Waals surface area contributed by atoms with Gasteiger partial charge in [0, 0.05) is 35.9 Å². The molecule has 1 aromatic heterocycles. The van der Waals surface area contributed by atoms with Gasteiger partial charge in [-0.2, -0.15) is 0 Å². The summed E-state index contributed by atoms with van der Waals surface area (Å²) < 4.78 is 13.0. The summed E-state index contributed by atoms with van der Waals surface area (Å²) >= 11 is 0. The first-order valence-electron chi connectivity index (χ1n) is 6.28. The zero-order valence-corrected chi connectivity index (χ0v) is 11.0. The van der Waals surface area contributed by atoms with Gasteiger partial charge in [0.25, 0.3) is 0 Å². The van der Waals surface area contributed by atoms with Crippen molar-refractivity contribution in [3.63, 3.8) is 0 Å². The highest BCUT2D eigenvalue weighted by Crippen LogP contribution is 2.34. The molecule has 0 spiro atoms. The van der Waals surface area contributed by atoms with E-state index in [0.29, 0.717) is 5.69 Å². The van der Waals surface area contributed by atoms with E-state index in [0.717, 1.165) is 22.1 Å². The van der Waals surface area contributed by atoms with Crippen molar-refractivity contribution in [3.05, 3.63) is 60.7 Å². The van der Waals surface area contributed by atoms with E-state index in [1.165, 1.54) is 12.1 Å². The zero-order valence-electron chi connectivity index (χ0n) is 11.0. The van der Waals surface area contributed by atoms with Crippen LogP contribution in [0.4, 0.5) is 21.5 Å². The predicted molar refractivity (Wildman–Crippen MR) is 80.6 cm³/mol. The molecule has 0 atom stereocenters. The highest BCUT2D eigenvalue weighted by molar-refractivity contribution is 5.99. The molecule has 3 aromatic rings. The molecule has 2 aromatic carbocycles. The molecule has 0 fully saturated rings. The summed E-state index contributed by atoms with van der Waals surface area (Å²) in [7, 11) is 1.91. The Bertz CT molecular complexity index is 753. The van der Waals surface area contributed by atoms with Crippen molar-refractivity contribution >= 4 is 27.8 Å². The summed E-state index contributed by atoms with van der Waals surface area (Å²) in [6.45, 7) is 0. The van der Waals surface area contributed by atoms with Gasteiger partial charge in [-0.1, -0.05) is 6.07 Å². The van der Waals surface area contributed by atoms with Gasteiger partial charge in [0.05, 0.1) is 11.4 Å². The lowest BCUT2D eigenvalue weighted by Gasteiger charge is -2.22. The molecule has 0 bridgehead atoms. The molecule has 0 unspecified atom stereocenters. The second-order valence-electron chi connectivity index (χ2n) is 4.63. The standard InChI is InChI=1S/C16H14FN3/c1-20(13-5-3-12(17)4-6-13)15-7-2-11-10-19-9-8-14(11)16(15)18/h2-10H,18H2,1H3. The van der Waals surface area contributed by atoms with Crippen LogP contribution >= 0.6 is 0 Å². The Morgan fingerprint density at radius 2 is 1.80 bits per heavy atom. The number of aromatic nitrogens is 1. The van der Waals surface area contributed by atoms with Gasteiger partial charge in [0.15, 0.2) is 0 Å². The number of fused-ring (bicyclic) bond motifs is 1. The molecule has 3 rings (SSSR count). The Morgan fingerprint density at radius 3 is 2.55 bits per heavy atom. The van der Waals surface area contributed by atoms with E-state index < -0.39 is 0 Å². The molecule has 0 amide bonds. The number of halogens is 1. The van der Waals surface area contributed by atoms with E-state index in [1.54, 1.807) is 24.5 Å². The largest absolute Gasteiger partial charge is 0.397 e. The molecule has 0 saturated carbocycles. The molecule has 0 aliphatic carbocycles. The normalized spacial score (nSPS) is 10.7. The van der Waals surface area contributed by atoms with Crippen molar-refractivity contribution in [1.82, 2.24) is 4.98 Å². The number of hydrogen-bond donors (Lipinski definition) is 1. The molecule has 20 heavy (non-hydrogen) atoms. The summed E-state index contributed by atoms with van der Waals surface area (Å²) in [5, 5.41) is 1.97. The van der Waals surface area contributed by atoms with Gasteiger partial charge in [0.1, 0.15) is 5.82 Å². The summed E-state index contributed by atoms with van der Waals surface area (Å²) in [5.74, 6) is -0.250. The smallest absolute Gasteiger partial charge is 0.123 e. The van der Waals surface area contributed by atoms with Crippen molar-refractivity contribution < 1.29 is 4.39 Å². The zero-order chi connectivity index (χ0) is 14.1. The van der Waals surface area contributed by atoms with Crippen LogP contribution in [-0.2, 0) is 0 Å². The van der Waals surface area contributed by atoms with Gasteiger partial charge in [-0.05, 0) is 36.4 Å². The SMILES string of the molecule is CN(c1ccc(F)cc1)c1ccc2cnccc2c1N. The maximum absolute atomic E-state index is 13.0. The molecule has 0 aliphatic heterocycles. The van der Waals surface area contributed by atoms with E-state index in [2.05, 4.69) is 4.98 Å². The Labute approximate surface area is 116 Å². The Kier molecular flexibility index (Phi) is 2.99. The quantitative estimate of drug-likeness (QED) is 0.719. The summed E-state index contributed by atoms with van der Waals surface area (Å²) in [5.41, 5.74) is 8.70. The van der Waals surface area contributed by atoms with Crippen molar-refractivity contribution in [3.8, 4) is 0 Å². The number of nitrogens with two attached hydrogens (primary N) is 1. The van der Waals surface area contributed by atoms with Crippen molar-refractivity contribution in [2.24, 2.45) is 0 Å². The van der Waals surface area contributed by atoms with E-state index in [9.17, 15) is 4.39 Å². The summed E-state index contributed by atoms with van der Waals surface area (Å²) in [6, 6.07) is 12.2. The lowest BCUT2D eigenvalue weighted by atomic mass is 10.1. The van der Waals surface area contributed by atoms with E-state index in [1.807, 2.05) is 30.1 Å². The number of benzene rings is 2. The molecule has 1 heterocycles. The number of nitrogens with zero attached hydrogens (tertiary/aromatic N) is 2. The third kappa shape index (κ3) is 2.05. The minimum atomic E-state index is -0.250. The second-order valence-corrected chi connectivity index (χ2v) is 4.63. The van der Waals surface area contributed by atoms with E-state index in [4.69, 9.17) is 5.73 Å². The summed E-state index contributed by atoms with van der Waals surface area (Å²) in [4.78, 5) is 6.02. The minimum Gasteiger partial charge on any atom is -0.397 e. The molecule has 0 aliphatic rings. The van der Waals surface area contributed by atoms with Crippen LogP contribution in [-0.4, -0.2) is 12.0 Å².